The SMILES string of the molecule is CCCCCCCCCC=CCCCCCCCC(=O)OCC(COP(=O)(O)OCC[N+](C)(C)C)OC(=O)CCCCCCCC=CCCCCCCCCC. The van der Waals surface area contributed by atoms with Crippen molar-refractivity contribution in [2.24, 2.45) is 0 Å². The quantitative estimate of drug-likeness (QED) is 0.0213. The predicted molar refractivity (Wildman–Crippen MR) is 234 cm³/mol. The van der Waals surface area contributed by atoms with Gasteiger partial charge in [-0.05, 0) is 64.2 Å². The Bertz CT molecular complexity index is 1010. The smallest absolute Gasteiger partial charge is 0.462 e. The van der Waals surface area contributed by atoms with Crippen LogP contribution in [0.4, 0.5) is 0 Å². The summed E-state index contributed by atoms with van der Waals surface area (Å²) < 4.78 is 34.3. The Morgan fingerprint density at radius 1 is 0.536 bits per heavy atom. The number of likely N-dealkylation sites (N-methyl/N-ethyl adjacent to an activating group) is 1. The fraction of sp³-hybridized carbons (Fsp3) is 0.870. The molecule has 0 saturated heterocycles. The summed E-state index contributed by atoms with van der Waals surface area (Å²) in [6, 6.07) is 0. The van der Waals surface area contributed by atoms with Crippen molar-refractivity contribution in [2.75, 3.05) is 47.5 Å². The molecule has 0 fully saturated rings. The number of carbonyl (C=O) groups is 2. The van der Waals surface area contributed by atoms with Crippen LogP contribution in [-0.4, -0.2) is 74.9 Å². The molecular weight excluding hydrogens is 725 g/mol. The van der Waals surface area contributed by atoms with Gasteiger partial charge in [-0.2, -0.15) is 0 Å². The topological polar surface area (TPSA) is 108 Å². The van der Waals surface area contributed by atoms with E-state index >= 15 is 0 Å². The van der Waals surface area contributed by atoms with Crippen LogP contribution in [0.3, 0.4) is 0 Å². The molecule has 9 nitrogen and oxygen atoms in total. The van der Waals surface area contributed by atoms with E-state index in [2.05, 4.69) is 38.2 Å². The second-order valence-electron chi connectivity index (χ2n) is 16.8. The number of phosphoric acid groups is 1. The molecule has 0 bridgehead atoms. The zero-order valence-corrected chi connectivity index (χ0v) is 38.0. The van der Waals surface area contributed by atoms with Crippen molar-refractivity contribution < 1.29 is 42.1 Å². The van der Waals surface area contributed by atoms with E-state index in [4.69, 9.17) is 18.5 Å². The van der Waals surface area contributed by atoms with Gasteiger partial charge in [-0.1, -0.05) is 154 Å². The standard InChI is InChI=1S/C46H88NO8P/c1-6-8-10-12-14-16-18-20-22-24-26-28-30-32-34-36-38-45(48)52-42-44(43-54-56(50,51)53-41-40-47(3,4)5)55-46(49)39-37-35-33-31-29-27-25-23-21-19-17-15-13-11-9-7-2/h22-25,44H,6-21,26-43H2,1-5H3/p+1. The molecule has 330 valence electrons. The molecule has 0 spiro atoms. The zero-order chi connectivity index (χ0) is 41.4. The van der Waals surface area contributed by atoms with Crippen molar-refractivity contribution in [1.82, 2.24) is 0 Å². The van der Waals surface area contributed by atoms with E-state index in [0.29, 0.717) is 17.4 Å². The molecule has 0 aliphatic carbocycles. The summed E-state index contributed by atoms with van der Waals surface area (Å²) in [6.45, 7) is 4.41. The molecule has 0 rings (SSSR count). The molecule has 56 heavy (non-hydrogen) atoms. The van der Waals surface area contributed by atoms with Gasteiger partial charge in [-0.3, -0.25) is 18.6 Å². The maximum atomic E-state index is 12.7. The molecule has 0 aromatic carbocycles. The average molecular weight is 815 g/mol. The third kappa shape index (κ3) is 42.1. The lowest BCUT2D eigenvalue weighted by Crippen LogP contribution is -2.37. The van der Waals surface area contributed by atoms with Crippen LogP contribution in [0.15, 0.2) is 24.3 Å². The Balaban J connectivity index is 4.35. The van der Waals surface area contributed by atoms with Gasteiger partial charge in [0.2, 0.25) is 0 Å². The van der Waals surface area contributed by atoms with Gasteiger partial charge in [0, 0.05) is 12.8 Å². The summed E-state index contributed by atoms with van der Waals surface area (Å²) in [6.07, 6.45) is 42.2. The number of esters is 2. The van der Waals surface area contributed by atoms with Crippen LogP contribution in [0.2, 0.25) is 0 Å². The van der Waals surface area contributed by atoms with E-state index in [9.17, 15) is 19.0 Å². The fourth-order valence-corrected chi connectivity index (χ4v) is 7.04. The molecule has 0 radical (unpaired) electrons. The van der Waals surface area contributed by atoms with Crippen LogP contribution in [0, 0.1) is 0 Å². The molecule has 0 aliphatic rings. The maximum Gasteiger partial charge on any atom is 0.472 e. The van der Waals surface area contributed by atoms with Gasteiger partial charge in [0.05, 0.1) is 27.7 Å². The number of allylic oxidation sites excluding steroid dienone is 4. The van der Waals surface area contributed by atoms with Crippen molar-refractivity contribution in [3.63, 3.8) is 0 Å². The van der Waals surface area contributed by atoms with Crippen LogP contribution in [-0.2, 0) is 32.7 Å². The molecule has 10 heteroatoms. The zero-order valence-electron chi connectivity index (χ0n) is 37.1. The first-order valence-corrected chi connectivity index (χ1v) is 24.6. The monoisotopic (exact) mass is 815 g/mol. The minimum atomic E-state index is -4.38. The number of ether oxygens (including phenoxy) is 2. The number of carbonyl (C=O) groups excluding carboxylic acids is 2. The highest BCUT2D eigenvalue weighted by atomic mass is 31.2. The first-order chi connectivity index (χ1) is 27.0. The fourth-order valence-electron chi connectivity index (χ4n) is 6.30. The number of rotatable bonds is 42. The van der Waals surface area contributed by atoms with Gasteiger partial charge >= 0.3 is 19.8 Å². The van der Waals surface area contributed by atoms with E-state index in [0.717, 1.165) is 70.6 Å². The Labute approximate surface area is 345 Å². The Kier molecular flexibility index (Phi) is 37.9. The molecule has 0 aromatic rings. The lowest BCUT2D eigenvalue weighted by molar-refractivity contribution is -0.870. The summed E-state index contributed by atoms with van der Waals surface area (Å²) in [5.41, 5.74) is 0. The minimum absolute atomic E-state index is 0.0300. The van der Waals surface area contributed by atoms with Crippen LogP contribution in [0.1, 0.15) is 206 Å². The molecule has 0 heterocycles. The van der Waals surface area contributed by atoms with Crippen molar-refractivity contribution >= 4 is 19.8 Å². The largest absolute Gasteiger partial charge is 0.472 e. The van der Waals surface area contributed by atoms with Gasteiger partial charge in [0.15, 0.2) is 6.10 Å². The molecule has 0 aliphatic heterocycles. The van der Waals surface area contributed by atoms with Crippen molar-refractivity contribution in [2.45, 2.75) is 213 Å². The van der Waals surface area contributed by atoms with Gasteiger partial charge in [-0.15, -0.1) is 0 Å². The van der Waals surface area contributed by atoms with E-state index in [-0.39, 0.29) is 32.0 Å². The number of unbranched alkanes of at least 4 members (excludes halogenated alkanes) is 24. The van der Waals surface area contributed by atoms with Crippen molar-refractivity contribution in [3.05, 3.63) is 24.3 Å². The first-order valence-electron chi connectivity index (χ1n) is 23.1. The van der Waals surface area contributed by atoms with Crippen molar-refractivity contribution in [3.8, 4) is 0 Å². The van der Waals surface area contributed by atoms with Crippen LogP contribution < -0.4 is 0 Å². The Morgan fingerprint density at radius 3 is 1.32 bits per heavy atom. The van der Waals surface area contributed by atoms with E-state index in [1.165, 1.54) is 103 Å². The molecular formula is C46H89NO8P+. The number of phosphoric ester groups is 1. The second-order valence-corrected chi connectivity index (χ2v) is 18.2. The highest BCUT2D eigenvalue weighted by molar-refractivity contribution is 7.47. The molecule has 0 aromatic heterocycles. The van der Waals surface area contributed by atoms with Crippen molar-refractivity contribution in [1.29, 1.82) is 0 Å². The molecule has 2 unspecified atom stereocenters. The summed E-state index contributed by atoms with van der Waals surface area (Å²) in [4.78, 5) is 35.4. The number of nitrogens with zero attached hydrogens (tertiary/aromatic N) is 1. The second kappa shape index (κ2) is 39.0. The van der Waals surface area contributed by atoms with Gasteiger partial charge < -0.3 is 18.9 Å². The normalized spacial score (nSPS) is 13.8. The summed E-state index contributed by atoms with van der Waals surface area (Å²) >= 11 is 0. The Hall–Kier alpha value is -1.51. The maximum absolute atomic E-state index is 12.7. The number of hydrogen-bond donors (Lipinski definition) is 1. The van der Waals surface area contributed by atoms with Crippen LogP contribution in [0.5, 0.6) is 0 Å². The van der Waals surface area contributed by atoms with E-state index in [1.54, 1.807) is 0 Å². The average Bonchev–Trinajstić information content (AvgIpc) is 3.15. The number of quaternary nitrogens is 1. The first kappa shape index (κ1) is 54.5. The van der Waals surface area contributed by atoms with Gasteiger partial charge in [-0.25, -0.2) is 4.57 Å². The van der Waals surface area contributed by atoms with Gasteiger partial charge in [0.1, 0.15) is 19.8 Å². The van der Waals surface area contributed by atoms with E-state index < -0.39 is 26.5 Å². The molecule has 1 N–H and O–H groups in total. The highest BCUT2D eigenvalue weighted by Gasteiger charge is 2.27. The molecule has 2 atom stereocenters. The lowest BCUT2D eigenvalue weighted by Gasteiger charge is -2.24. The van der Waals surface area contributed by atoms with Crippen LogP contribution in [0.25, 0.3) is 0 Å². The number of hydrogen-bond acceptors (Lipinski definition) is 7. The Morgan fingerprint density at radius 2 is 0.911 bits per heavy atom. The lowest BCUT2D eigenvalue weighted by atomic mass is 10.1. The summed E-state index contributed by atoms with van der Waals surface area (Å²) in [5.74, 6) is -0.812. The summed E-state index contributed by atoms with van der Waals surface area (Å²) in [7, 11) is 1.47. The third-order valence-corrected chi connectivity index (χ3v) is 10.9. The molecule has 0 saturated carbocycles. The molecule has 0 amide bonds. The third-order valence-electron chi connectivity index (χ3n) is 9.95. The predicted octanol–water partition coefficient (Wildman–Crippen LogP) is 13.1. The van der Waals surface area contributed by atoms with E-state index in [1.807, 2.05) is 21.1 Å². The van der Waals surface area contributed by atoms with Crippen LogP contribution >= 0.6 is 7.82 Å². The summed E-state index contributed by atoms with van der Waals surface area (Å²) in [5, 5.41) is 0. The van der Waals surface area contributed by atoms with Gasteiger partial charge in [0.25, 0.3) is 0 Å². The highest BCUT2D eigenvalue weighted by Crippen LogP contribution is 2.43. The minimum Gasteiger partial charge on any atom is -0.462 e.